The van der Waals surface area contributed by atoms with Gasteiger partial charge in [-0.1, -0.05) is 18.2 Å². The van der Waals surface area contributed by atoms with Gasteiger partial charge in [0.25, 0.3) is 0 Å². The van der Waals surface area contributed by atoms with Crippen molar-refractivity contribution in [2.75, 3.05) is 6.61 Å². The monoisotopic (exact) mass is 311 g/mol. The Bertz CT molecular complexity index is 808. The third-order valence-electron chi connectivity index (χ3n) is 3.42. The van der Waals surface area contributed by atoms with Gasteiger partial charge in [0.1, 0.15) is 11.6 Å². The predicted molar refractivity (Wildman–Crippen MR) is 85.1 cm³/mol. The normalized spacial score (nSPS) is 11.7. The van der Waals surface area contributed by atoms with Gasteiger partial charge in [-0.2, -0.15) is 5.26 Å². The zero-order chi connectivity index (χ0) is 16.8. The molecule has 1 heterocycles. The van der Waals surface area contributed by atoms with E-state index in [1.807, 2.05) is 30.5 Å². The fourth-order valence-electron chi connectivity index (χ4n) is 2.24. The van der Waals surface area contributed by atoms with Gasteiger partial charge in [-0.05, 0) is 25.0 Å². The summed E-state index contributed by atoms with van der Waals surface area (Å²) in [5.74, 6) is -1.08. The van der Waals surface area contributed by atoms with Crippen molar-refractivity contribution in [2.24, 2.45) is 5.73 Å². The summed E-state index contributed by atoms with van der Waals surface area (Å²) in [5.41, 5.74) is 7.39. The number of nitrogens with two attached hydrogens (primary N) is 1. The molecule has 6 heteroatoms. The Labute approximate surface area is 133 Å². The number of para-hydroxylation sites is 1. The third-order valence-corrected chi connectivity index (χ3v) is 3.42. The second-order valence-electron chi connectivity index (χ2n) is 5.11. The number of allylic oxidation sites excluding steroid dienone is 1. The van der Waals surface area contributed by atoms with Gasteiger partial charge < -0.3 is 15.5 Å². The number of esters is 1. The smallest absolute Gasteiger partial charge is 0.306 e. The van der Waals surface area contributed by atoms with Crippen LogP contribution in [0.2, 0.25) is 0 Å². The lowest BCUT2D eigenvalue weighted by atomic mass is 10.1. The van der Waals surface area contributed by atoms with E-state index in [2.05, 4.69) is 4.98 Å². The number of aromatic amines is 1. The number of benzene rings is 1. The molecular weight excluding hydrogens is 294 g/mol. The van der Waals surface area contributed by atoms with Crippen LogP contribution in [0.5, 0.6) is 0 Å². The van der Waals surface area contributed by atoms with E-state index in [0.717, 1.165) is 16.5 Å². The van der Waals surface area contributed by atoms with E-state index in [9.17, 15) is 9.59 Å². The molecule has 2 rings (SSSR count). The molecule has 0 fully saturated rings. The third kappa shape index (κ3) is 3.98. The van der Waals surface area contributed by atoms with E-state index in [0.29, 0.717) is 6.42 Å². The molecule has 0 unspecified atom stereocenters. The fourth-order valence-corrected chi connectivity index (χ4v) is 2.24. The minimum absolute atomic E-state index is 0.118. The number of ketones is 1. The second-order valence-corrected chi connectivity index (χ2v) is 5.11. The number of nitriles is 1. The lowest BCUT2D eigenvalue weighted by molar-refractivity contribution is -0.147. The highest BCUT2D eigenvalue weighted by atomic mass is 16.5. The Kier molecular flexibility index (Phi) is 5.15. The van der Waals surface area contributed by atoms with Crippen LogP contribution in [-0.2, 0) is 20.7 Å². The van der Waals surface area contributed by atoms with Crippen molar-refractivity contribution in [3.05, 3.63) is 47.3 Å². The molecule has 23 heavy (non-hydrogen) atoms. The van der Waals surface area contributed by atoms with Crippen LogP contribution in [0.3, 0.4) is 0 Å². The van der Waals surface area contributed by atoms with Crippen LogP contribution in [0.15, 0.2) is 41.7 Å². The van der Waals surface area contributed by atoms with Gasteiger partial charge in [-0.25, -0.2) is 0 Å². The minimum Gasteiger partial charge on any atom is -0.457 e. The van der Waals surface area contributed by atoms with Gasteiger partial charge in [0, 0.05) is 29.2 Å². The number of Topliss-reactive ketones (excluding diaryl/α,β-unsaturated/α-hetero) is 1. The minimum atomic E-state index is -0.590. The first kappa shape index (κ1) is 16.3. The molecule has 0 bridgehead atoms. The first-order chi connectivity index (χ1) is 11.0. The van der Waals surface area contributed by atoms with Gasteiger partial charge in [0.2, 0.25) is 5.78 Å². The molecule has 1 aromatic carbocycles. The van der Waals surface area contributed by atoms with Crippen LogP contribution in [-0.4, -0.2) is 23.3 Å². The SMILES string of the molecule is C/C(N)=C(/C#N)C(=O)COC(=O)CCc1c[nH]c2ccccc12. The summed E-state index contributed by atoms with van der Waals surface area (Å²) in [7, 11) is 0. The van der Waals surface area contributed by atoms with Crippen molar-refractivity contribution >= 4 is 22.7 Å². The van der Waals surface area contributed by atoms with Crippen LogP contribution in [0, 0.1) is 11.3 Å². The summed E-state index contributed by atoms with van der Waals surface area (Å²) < 4.78 is 4.91. The molecule has 0 aliphatic heterocycles. The average molecular weight is 311 g/mol. The van der Waals surface area contributed by atoms with E-state index >= 15 is 0 Å². The molecule has 0 saturated carbocycles. The van der Waals surface area contributed by atoms with Crippen LogP contribution < -0.4 is 5.73 Å². The van der Waals surface area contributed by atoms with Crippen molar-refractivity contribution in [3.63, 3.8) is 0 Å². The van der Waals surface area contributed by atoms with Crippen molar-refractivity contribution in [1.82, 2.24) is 4.98 Å². The highest BCUT2D eigenvalue weighted by Gasteiger charge is 2.14. The summed E-state index contributed by atoms with van der Waals surface area (Å²) >= 11 is 0. The molecule has 0 spiro atoms. The Morgan fingerprint density at radius 3 is 2.78 bits per heavy atom. The van der Waals surface area contributed by atoms with Gasteiger partial charge in [-0.15, -0.1) is 0 Å². The summed E-state index contributed by atoms with van der Waals surface area (Å²) in [5, 5.41) is 9.87. The van der Waals surface area contributed by atoms with Crippen molar-refractivity contribution in [3.8, 4) is 6.07 Å². The average Bonchev–Trinajstić information content (AvgIpc) is 2.94. The molecular formula is C17H17N3O3. The number of rotatable bonds is 6. The Morgan fingerprint density at radius 2 is 2.09 bits per heavy atom. The van der Waals surface area contributed by atoms with E-state index < -0.39 is 18.4 Å². The number of aryl methyl sites for hydroxylation is 1. The maximum atomic E-state index is 11.7. The van der Waals surface area contributed by atoms with Gasteiger partial charge in [0.15, 0.2) is 6.61 Å². The Balaban J connectivity index is 1.88. The van der Waals surface area contributed by atoms with E-state index in [1.165, 1.54) is 6.92 Å². The van der Waals surface area contributed by atoms with Crippen molar-refractivity contribution in [2.45, 2.75) is 19.8 Å². The summed E-state index contributed by atoms with van der Waals surface area (Å²) in [6, 6.07) is 9.51. The molecule has 6 nitrogen and oxygen atoms in total. The molecule has 2 aromatic rings. The summed E-state index contributed by atoms with van der Waals surface area (Å²) in [6.07, 6.45) is 2.52. The van der Waals surface area contributed by atoms with E-state index in [1.54, 1.807) is 6.07 Å². The summed E-state index contributed by atoms with van der Waals surface area (Å²) in [4.78, 5) is 26.6. The number of nitrogens with zero attached hydrogens (tertiary/aromatic N) is 1. The fraction of sp³-hybridized carbons (Fsp3) is 0.235. The molecule has 0 radical (unpaired) electrons. The Hall–Kier alpha value is -3.07. The van der Waals surface area contributed by atoms with E-state index in [-0.39, 0.29) is 17.7 Å². The maximum Gasteiger partial charge on any atom is 0.306 e. The maximum absolute atomic E-state index is 11.7. The number of hydrogen-bond donors (Lipinski definition) is 2. The van der Waals surface area contributed by atoms with Gasteiger partial charge >= 0.3 is 5.97 Å². The van der Waals surface area contributed by atoms with Crippen LogP contribution >= 0.6 is 0 Å². The number of nitrogens with one attached hydrogen (secondary N) is 1. The largest absolute Gasteiger partial charge is 0.457 e. The molecule has 0 atom stereocenters. The molecule has 0 aliphatic carbocycles. The number of carbonyl (C=O) groups excluding carboxylic acids is 2. The summed E-state index contributed by atoms with van der Waals surface area (Å²) in [6.45, 7) is 0.986. The Morgan fingerprint density at radius 1 is 1.35 bits per heavy atom. The quantitative estimate of drug-likeness (QED) is 0.481. The van der Waals surface area contributed by atoms with Crippen LogP contribution in [0.4, 0.5) is 0 Å². The standard InChI is InChI=1S/C17H17N3O3/c1-11(19)14(8-18)16(21)10-23-17(22)7-6-12-9-20-15-5-3-2-4-13(12)15/h2-5,9,20H,6-7,10,19H2,1H3/b14-11+. The number of carbonyl (C=O) groups is 2. The number of hydrogen-bond acceptors (Lipinski definition) is 5. The van der Waals surface area contributed by atoms with Crippen molar-refractivity contribution in [1.29, 1.82) is 5.26 Å². The highest BCUT2D eigenvalue weighted by molar-refractivity contribution is 6.01. The number of aromatic nitrogens is 1. The molecule has 1 aromatic heterocycles. The molecule has 0 amide bonds. The van der Waals surface area contributed by atoms with Gasteiger partial charge in [0.05, 0.1) is 0 Å². The van der Waals surface area contributed by atoms with Crippen LogP contribution in [0.25, 0.3) is 10.9 Å². The van der Waals surface area contributed by atoms with Crippen LogP contribution in [0.1, 0.15) is 18.9 Å². The lowest BCUT2D eigenvalue weighted by Gasteiger charge is -2.04. The first-order valence-electron chi connectivity index (χ1n) is 7.13. The lowest BCUT2D eigenvalue weighted by Crippen LogP contribution is -2.17. The zero-order valence-electron chi connectivity index (χ0n) is 12.8. The number of H-pyrrole nitrogens is 1. The predicted octanol–water partition coefficient (Wildman–Crippen LogP) is 1.97. The molecule has 3 N–H and O–H groups in total. The van der Waals surface area contributed by atoms with Gasteiger partial charge in [-0.3, -0.25) is 9.59 Å². The molecule has 0 aliphatic rings. The van der Waals surface area contributed by atoms with Crippen molar-refractivity contribution < 1.29 is 14.3 Å². The highest BCUT2D eigenvalue weighted by Crippen LogP contribution is 2.19. The second kappa shape index (κ2) is 7.27. The molecule has 118 valence electrons. The molecule has 0 saturated heterocycles. The number of fused-ring (bicyclic) bond motifs is 1. The van der Waals surface area contributed by atoms with E-state index in [4.69, 9.17) is 15.7 Å². The topological polar surface area (TPSA) is 109 Å². The number of ether oxygens (including phenoxy) is 1. The zero-order valence-corrected chi connectivity index (χ0v) is 12.8. The first-order valence-corrected chi connectivity index (χ1v) is 7.13.